The maximum absolute atomic E-state index is 12.1. The molecule has 2 heterocycles. The third-order valence-electron chi connectivity index (χ3n) is 3.35. The van der Waals surface area contributed by atoms with Crippen molar-refractivity contribution in [3.8, 4) is 5.88 Å². The van der Waals surface area contributed by atoms with Crippen LogP contribution < -0.4 is 4.74 Å². The molecule has 2 amide bonds. The van der Waals surface area contributed by atoms with Gasteiger partial charge in [-0.2, -0.15) is 0 Å². The maximum Gasteiger partial charge on any atom is 0.339 e. The molecule has 0 saturated carbocycles. The van der Waals surface area contributed by atoms with Gasteiger partial charge in [0.15, 0.2) is 0 Å². The second-order valence-corrected chi connectivity index (χ2v) is 4.99. The number of carbonyl (C=O) groups excluding carboxylic acids is 3. The van der Waals surface area contributed by atoms with Gasteiger partial charge in [0.05, 0.1) is 29.8 Å². The summed E-state index contributed by atoms with van der Waals surface area (Å²) in [6, 6.07) is 11.3. The fourth-order valence-corrected chi connectivity index (χ4v) is 2.32. The molecule has 2 aromatic rings. The summed E-state index contributed by atoms with van der Waals surface area (Å²) in [4.78, 5) is 45.4. The number of hydrogen-bond acceptors (Lipinski definition) is 6. The van der Waals surface area contributed by atoms with E-state index in [9.17, 15) is 14.4 Å². The monoisotopic (exact) mass is 326 g/mol. The number of carbonyl (C=O) groups is 3. The molecular weight excluding hydrogens is 312 g/mol. The lowest BCUT2D eigenvalue weighted by Gasteiger charge is -2.12. The molecule has 0 bridgehead atoms. The first-order valence-electron chi connectivity index (χ1n) is 7.37. The molecule has 122 valence electrons. The first-order valence-corrected chi connectivity index (χ1v) is 7.37. The molecule has 0 spiro atoms. The third-order valence-corrected chi connectivity index (χ3v) is 3.35. The van der Waals surface area contributed by atoms with E-state index in [4.69, 9.17) is 9.57 Å². The smallest absolute Gasteiger partial charge is 0.339 e. The van der Waals surface area contributed by atoms with Gasteiger partial charge in [-0.1, -0.05) is 23.3 Å². The Hall–Kier alpha value is -3.22. The van der Waals surface area contributed by atoms with Gasteiger partial charge in [0.1, 0.15) is 0 Å². The highest BCUT2D eigenvalue weighted by Crippen LogP contribution is 2.22. The fraction of sp³-hybridized carbons (Fsp3) is 0.176. The highest BCUT2D eigenvalue weighted by molar-refractivity contribution is 6.20. The second-order valence-electron chi connectivity index (χ2n) is 4.99. The Morgan fingerprint density at radius 1 is 1.04 bits per heavy atom. The molecule has 1 aliphatic heterocycles. The maximum atomic E-state index is 12.1. The van der Waals surface area contributed by atoms with Crippen molar-refractivity contribution < 1.29 is 24.0 Å². The first-order chi connectivity index (χ1) is 11.6. The van der Waals surface area contributed by atoms with Crippen molar-refractivity contribution in [2.45, 2.75) is 13.3 Å². The molecule has 0 unspecified atom stereocenters. The summed E-state index contributed by atoms with van der Waals surface area (Å²) in [6.07, 6.45) is -0.186. The van der Waals surface area contributed by atoms with E-state index in [1.807, 2.05) is 6.92 Å². The molecule has 0 radical (unpaired) electrons. The van der Waals surface area contributed by atoms with Gasteiger partial charge in [0, 0.05) is 6.07 Å². The van der Waals surface area contributed by atoms with Gasteiger partial charge in [0.2, 0.25) is 5.88 Å². The van der Waals surface area contributed by atoms with Gasteiger partial charge >= 0.3 is 5.97 Å². The van der Waals surface area contributed by atoms with Crippen LogP contribution in [-0.4, -0.2) is 34.4 Å². The summed E-state index contributed by atoms with van der Waals surface area (Å²) in [7, 11) is 0. The number of rotatable bonds is 5. The minimum atomic E-state index is -0.759. The molecule has 3 rings (SSSR count). The average molecular weight is 326 g/mol. The Balaban J connectivity index is 1.69. The van der Waals surface area contributed by atoms with Crippen LogP contribution in [0.4, 0.5) is 0 Å². The SMILES string of the molecule is CCOc1cccc(CC(=O)ON2C(=O)c3ccccc3C2=O)n1. The van der Waals surface area contributed by atoms with Crippen molar-refractivity contribution in [3.05, 3.63) is 59.3 Å². The van der Waals surface area contributed by atoms with Gasteiger partial charge in [-0.25, -0.2) is 9.78 Å². The topological polar surface area (TPSA) is 85.8 Å². The summed E-state index contributed by atoms with van der Waals surface area (Å²) in [5.41, 5.74) is 0.848. The predicted molar refractivity (Wildman–Crippen MR) is 82.1 cm³/mol. The van der Waals surface area contributed by atoms with E-state index in [-0.39, 0.29) is 17.5 Å². The van der Waals surface area contributed by atoms with E-state index >= 15 is 0 Å². The molecule has 7 heteroatoms. The molecule has 1 aromatic carbocycles. The zero-order valence-electron chi connectivity index (χ0n) is 12.9. The standard InChI is InChI=1S/C17H14N2O5/c1-2-23-14-9-5-6-11(18-14)10-15(20)24-19-16(21)12-7-3-4-8-13(12)17(19)22/h3-9H,2,10H2,1H3. The van der Waals surface area contributed by atoms with Crippen LogP contribution in [0, 0.1) is 0 Å². The van der Waals surface area contributed by atoms with Gasteiger partial charge in [-0.3, -0.25) is 9.59 Å². The average Bonchev–Trinajstić information content (AvgIpc) is 2.81. The van der Waals surface area contributed by atoms with Crippen molar-refractivity contribution in [1.82, 2.24) is 10.0 Å². The van der Waals surface area contributed by atoms with Crippen LogP contribution in [-0.2, 0) is 16.1 Å². The first kappa shape index (κ1) is 15.7. The molecular formula is C17H14N2O5. The molecule has 1 aliphatic rings. The number of amides is 2. The number of imide groups is 1. The van der Waals surface area contributed by atoms with Crippen LogP contribution in [0.25, 0.3) is 0 Å². The number of fused-ring (bicyclic) bond motifs is 1. The van der Waals surface area contributed by atoms with Crippen LogP contribution in [0.15, 0.2) is 42.5 Å². The van der Waals surface area contributed by atoms with E-state index in [1.165, 1.54) is 12.1 Å². The number of aromatic nitrogens is 1. The van der Waals surface area contributed by atoms with Crippen LogP contribution in [0.3, 0.4) is 0 Å². The van der Waals surface area contributed by atoms with Crippen molar-refractivity contribution in [2.75, 3.05) is 6.61 Å². The molecule has 0 N–H and O–H groups in total. The molecule has 0 saturated heterocycles. The zero-order valence-corrected chi connectivity index (χ0v) is 12.9. The third kappa shape index (κ3) is 2.96. The molecule has 7 nitrogen and oxygen atoms in total. The summed E-state index contributed by atoms with van der Waals surface area (Å²) in [5.74, 6) is -1.67. The Morgan fingerprint density at radius 2 is 1.71 bits per heavy atom. The lowest BCUT2D eigenvalue weighted by molar-refractivity contribution is -0.167. The molecule has 0 aliphatic carbocycles. The van der Waals surface area contributed by atoms with Crippen molar-refractivity contribution in [1.29, 1.82) is 0 Å². The van der Waals surface area contributed by atoms with E-state index in [0.29, 0.717) is 23.2 Å². The summed E-state index contributed by atoms with van der Waals surface area (Å²) >= 11 is 0. The molecule has 24 heavy (non-hydrogen) atoms. The van der Waals surface area contributed by atoms with E-state index < -0.39 is 17.8 Å². The lowest BCUT2D eigenvalue weighted by atomic mass is 10.1. The van der Waals surface area contributed by atoms with Gasteiger partial charge in [-0.05, 0) is 25.1 Å². The predicted octanol–water partition coefficient (Wildman–Crippen LogP) is 1.78. The van der Waals surface area contributed by atoms with Gasteiger partial charge < -0.3 is 9.57 Å². The number of hydroxylamine groups is 2. The quantitative estimate of drug-likeness (QED) is 0.779. The Bertz CT molecular complexity index is 783. The molecule has 0 atom stereocenters. The lowest BCUT2D eigenvalue weighted by Crippen LogP contribution is -2.33. The Morgan fingerprint density at radius 3 is 2.33 bits per heavy atom. The normalized spacial score (nSPS) is 13.0. The number of benzene rings is 1. The number of nitrogens with zero attached hydrogens (tertiary/aromatic N) is 2. The van der Waals surface area contributed by atoms with E-state index in [2.05, 4.69) is 4.98 Å². The highest BCUT2D eigenvalue weighted by Gasteiger charge is 2.38. The minimum Gasteiger partial charge on any atom is -0.478 e. The summed E-state index contributed by atoms with van der Waals surface area (Å²) < 4.78 is 5.26. The van der Waals surface area contributed by atoms with Crippen molar-refractivity contribution in [2.24, 2.45) is 0 Å². The van der Waals surface area contributed by atoms with Gasteiger partial charge in [0.25, 0.3) is 11.8 Å². The van der Waals surface area contributed by atoms with Crippen molar-refractivity contribution >= 4 is 17.8 Å². The summed E-state index contributed by atoms with van der Waals surface area (Å²) in [6.45, 7) is 2.28. The van der Waals surface area contributed by atoms with Gasteiger partial charge in [-0.15, -0.1) is 0 Å². The highest BCUT2D eigenvalue weighted by atomic mass is 16.7. The van der Waals surface area contributed by atoms with Crippen LogP contribution in [0.5, 0.6) is 5.88 Å². The Kier molecular flexibility index (Phi) is 4.24. The van der Waals surface area contributed by atoms with Crippen molar-refractivity contribution in [3.63, 3.8) is 0 Å². The number of hydrogen-bond donors (Lipinski definition) is 0. The summed E-state index contributed by atoms with van der Waals surface area (Å²) in [5, 5.41) is 0.486. The molecule has 0 fully saturated rings. The Labute approximate surface area is 137 Å². The van der Waals surface area contributed by atoms with E-state index in [0.717, 1.165) is 0 Å². The van der Waals surface area contributed by atoms with Crippen LogP contribution >= 0.6 is 0 Å². The second kappa shape index (κ2) is 6.49. The molecule has 1 aromatic heterocycles. The van der Waals surface area contributed by atoms with Crippen LogP contribution in [0.1, 0.15) is 33.3 Å². The minimum absolute atomic E-state index is 0.186. The fourth-order valence-electron chi connectivity index (χ4n) is 2.32. The van der Waals surface area contributed by atoms with E-state index in [1.54, 1.807) is 30.3 Å². The number of pyridine rings is 1. The zero-order chi connectivity index (χ0) is 17.1. The number of ether oxygens (including phenoxy) is 1. The van der Waals surface area contributed by atoms with Crippen LogP contribution in [0.2, 0.25) is 0 Å². The largest absolute Gasteiger partial charge is 0.478 e.